The van der Waals surface area contributed by atoms with Gasteiger partial charge in [-0.2, -0.15) is 0 Å². The minimum Gasteiger partial charge on any atom is -0.469 e. The molecule has 4 nitrogen and oxygen atoms in total. The van der Waals surface area contributed by atoms with Crippen molar-refractivity contribution in [3.05, 3.63) is 39.9 Å². The molecule has 0 spiro atoms. The quantitative estimate of drug-likeness (QED) is 0.800. The number of methoxy groups -OCH3 is 1. The number of anilines is 1. The van der Waals surface area contributed by atoms with E-state index in [1.54, 1.807) is 11.3 Å². The summed E-state index contributed by atoms with van der Waals surface area (Å²) in [6, 6.07) is 7.68. The van der Waals surface area contributed by atoms with E-state index >= 15 is 0 Å². The van der Waals surface area contributed by atoms with E-state index in [1.165, 1.54) is 7.11 Å². The van der Waals surface area contributed by atoms with Crippen molar-refractivity contribution in [2.45, 2.75) is 12.8 Å². The molecule has 1 aliphatic heterocycles. The molecule has 110 valence electrons. The summed E-state index contributed by atoms with van der Waals surface area (Å²) in [6.45, 7) is 1.44. The SMILES string of the molecule is COC(=O)C1CCN(c2csc3ccccc3c2=O)CC1. The van der Waals surface area contributed by atoms with Crippen molar-refractivity contribution in [2.75, 3.05) is 25.1 Å². The molecule has 0 radical (unpaired) electrons. The van der Waals surface area contributed by atoms with Crippen molar-refractivity contribution in [1.29, 1.82) is 0 Å². The monoisotopic (exact) mass is 303 g/mol. The molecular formula is C16H17NO3S. The van der Waals surface area contributed by atoms with Gasteiger partial charge in [0.1, 0.15) is 0 Å². The molecule has 1 aliphatic rings. The summed E-state index contributed by atoms with van der Waals surface area (Å²) < 4.78 is 5.80. The molecule has 2 heterocycles. The molecule has 0 N–H and O–H groups in total. The number of hydrogen-bond donors (Lipinski definition) is 0. The molecular weight excluding hydrogens is 286 g/mol. The zero-order valence-electron chi connectivity index (χ0n) is 11.9. The second kappa shape index (κ2) is 5.85. The van der Waals surface area contributed by atoms with Gasteiger partial charge in [0.05, 0.1) is 18.7 Å². The standard InChI is InChI=1S/C16H17NO3S/c1-20-16(19)11-6-8-17(9-7-11)13-10-21-14-5-3-2-4-12(14)15(13)18/h2-5,10-11H,6-9H2,1H3. The van der Waals surface area contributed by atoms with E-state index in [0.29, 0.717) is 0 Å². The van der Waals surface area contributed by atoms with E-state index in [-0.39, 0.29) is 17.3 Å². The Morgan fingerprint density at radius 1 is 1.29 bits per heavy atom. The summed E-state index contributed by atoms with van der Waals surface area (Å²) in [7, 11) is 1.43. The highest BCUT2D eigenvalue weighted by Crippen LogP contribution is 2.25. The summed E-state index contributed by atoms with van der Waals surface area (Å²) in [5.41, 5.74) is 0.836. The van der Waals surface area contributed by atoms with Gasteiger partial charge in [-0.15, -0.1) is 11.3 Å². The van der Waals surface area contributed by atoms with Crippen LogP contribution >= 0.6 is 11.3 Å². The molecule has 0 saturated carbocycles. The average Bonchev–Trinajstić information content (AvgIpc) is 2.55. The first-order valence-corrected chi connectivity index (χ1v) is 7.92. The largest absolute Gasteiger partial charge is 0.469 e. The highest BCUT2D eigenvalue weighted by Gasteiger charge is 2.26. The molecule has 21 heavy (non-hydrogen) atoms. The fourth-order valence-corrected chi connectivity index (χ4v) is 3.75. The van der Waals surface area contributed by atoms with Gasteiger partial charge in [0.2, 0.25) is 5.43 Å². The van der Waals surface area contributed by atoms with E-state index in [0.717, 1.165) is 41.7 Å². The van der Waals surface area contributed by atoms with Crippen molar-refractivity contribution < 1.29 is 9.53 Å². The molecule has 1 aromatic heterocycles. The van der Waals surface area contributed by atoms with Gasteiger partial charge in [0.15, 0.2) is 0 Å². The minimum absolute atomic E-state index is 0.0366. The first kappa shape index (κ1) is 14.1. The Kier molecular flexibility index (Phi) is 3.92. The number of carbonyl (C=O) groups is 1. The van der Waals surface area contributed by atoms with Crippen LogP contribution in [0.5, 0.6) is 0 Å². The maximum atomic E-state index is 12.6. The first-order valence-electron chi connectivity index (χ1n) is 7.04. The molecule has 1 fully saturated rings. The number of fused-ring (bicyclic) bond motifs is 1. The van der Waals surface area contributed by atoms with E-state index in [1.807, 2.05) is 29.6 Å². The Hall–Kier alpha value is -1.88. The Bertz CT molecular complexity index is 717. The van der Waals surface area contributed by atoms with Crippen molar-refractivity contribution in [3.8, 4) is 0 Å². The Labute approximate surface area is 127 Å². The van der Waals surface area contributed by atoms with Crippen molar-refractivity contribution >= 4 is 33.1 Å². The van der Waals surface area contributed by atoms with Crippen LogP contribution in [0.25, 0.3) is 10.1 Å². The highest BCUT2D eigenvalue weighted by molar-refractivity contribution is 7.16. The zero-order valence-corrected chi connectivity index (χ0v) is 12.7. The summed E-state index contributed by atoms with van der Waals surface area (Å²) in [6.07, 6.45) is 1.48. The number of piperidine rings is 1. The second-order valence-electron chi connectivity index (χ2n) is 5.23. The number of esters is 1. The van der Waals surface area contributed by atoms with Crippen LogP contribution < -0.4 is 10.3 Å². The lowest BCUT2D eigenvalue weighted by Crippen LogP contribution is -2.38. The van der Waals surface area contributed by atoms with E-state index in [4.69, 9.17) is 4.74 Å². The van der Waals surface area contributed by atoms with Crippen LogP contribution in [0, 0.1) is 5.92 Å². The van der Waals surface area contributed by atoms with Gasteiger partial charge in [0, 0.05) is 28.6 Å². The average molecular weight is 303 g/mol. The summed E-state index contributed by atoms with van der Waals surface area (Å²) in [5, 5.41) is 2.71. The van der Waals surface area contributed by atoms with Crippen LogP contribution in [-0.4, -0.2) is 26.2 Å². The van der Waals surface area contributed by atoms with Crippen LogP contribution in [0.2, 0.25) is 0 Å². The molecule has 3 rings (SSSR count). The smallest absolute Gasteiger partial charge is 0.308 e. The van der Waals surface area contributed by atoms with Crippen LogP contribution in [-0.2, 0) is 9.53 Å². The Morgan fingerprint density at radius 3 is 2.71 bits per heavy atom. The summed E-state index contributed by atoms with van der Waals surface area (Å²) in [5.74, 6) is -0.177. The summed E-state index contributed by atoms with van der Waals surface area (Å²) in [4.78, 5) is 26.2. The van der Waals surface area contributed by atoms with Crippen molar-refractivity contribution in [3.63, 3.8) is 0 Å². The predicted molar refractivity (Wildman–Crippen MR) is 85.0 cm³/mol. The van der Waals surface area contributed by atoms with Crippen LogP contribution in [0.3, 0.4) is 0 Å². The molecule has 1 saturated heterocycles. The molecule has 0 bridgehead atoms. The second-order valence-corrected chi connectivity index (χ2v) is 6.14. The maximum Gasteiger partial charge on any atom is 0.308 e. The zero-order chi connectivity index (χ0) is 14.8. The van der Waals surface area contributed by atoms with Gasteiger partial charge in [-0.25, -0.2) is 0 Å². The third kappa shape index (κ3) is 2.65. The van der Waals surface area contributed by atoms with Crippen LogP contribution in [0.4, 0.5) is 5.69 Å². The van der Waals surface area contributed by atoms with E-state index in [2.05, 4.69) is 4.90 Å². The van der Waals surface area contributed by atoms with E-state index < -0.39 is 0 Å². The van der Waals surface area contributed by atoms with Gasteiger partial charge >= 0.3 is 5.97 Å². The number of hydrogen-bond acceptors (Lipinski definition) is 5. The van der Waals surface area contributed by atoms with Gasteiger partial charge in [0.25, 0.3) is 0 Å². The van der Waals surface area contributed by atoms with Crippen LogP contribution in [0.15, 0.2) is 34.4 Å². The van der Waals surface area contributed by atoms with E-state index in [9.17, 15) is 9.59 Å². The van der Waals surface area contributed by atoms with Crippen molar-refractivity contribution in [1.82, 2.24) is 0 Å². The Morgan fingerprint density at radius 2 is 2.00 bits per heavy atom. The van der Waals surface area contributed by atoms with Gasteiger partial charge < -0.3 is 9.64 Å². The molecule has 0 aliphatic carbocycles. The normalized spacial score (nSPS) is 16.1. The number of nitrogens with zero attached hydrogens (tertiary/aromatic N) is 1. The van der Waals surface area contributed by atoms with Crippen LogP contribution in [0.1, 0.15) is 12.8 Å². The summed E-state index contributed by atoms with van der Waals surface area (Å²) >= 11 is 1.59. The lowest BCUT2D eigenvalue weighted by atomic mass is 9.97. The molecule has 0 amide bonds. The third-order valence-electron chi connectivity index (χ3n) is 4.03. The molecule has 2 aromatic rings. The molecule has 0 unspecified atom stereocenters. The molecule has 1 aromatic carbocycles. The minimum atomic E-state index is -0.140. The van der Waals surface area contributed by atoms with Gasteiger partial charge in [-0.1, -0.05) is 12.1 Å². The molecule has 0 atom stereocenters. The number of ether oxygens (including phenoxy) is 1. The molecule has 5 heteroatoms. The number of carbonyl (C=O) groups excluding carboxylic acids is 1. The maximum absolute atomic E-state index is 12.6. The topological polar surface area (TPSA) is 46.6 Å². The van der Waals surface area contributed by atoms with Gasteiger partial charge in [-0.05, 0) is 25.0 Å². The lowest BCUT2D eigenvalue weighted by Gasteiger charge is -2.31. The fourth-order valence-electron chi connectivity index (χ4n) is 2.81. The highest BCUT2D eigenvalue weighted by atomic mass is 32.1. The Balaban J connectivity index is 1.84. The first-order chi connectivity index (χ1) is 10.2. The number of rotatable bonds is 2. The third-order valence-corrected chi connectivity index (χ3v) is 4.98. The van der Waals surface area contributed by atoms with Gasteiger partial charge in [-0.3, -0.25) is 9.59 Å². The van der Waals surface area contributed by atoms with Crippen molar-refractivity contribution in [2.24, 2.45) is 5.92 Å². The fraction of sp³-hybridized carbons (Fsp3) is 0.375. The number of benzene rings is 1. The lowest BCUT2D eigenvalue weighted by molar-refractivity contribution is -0.146. The predicted octanol–water partition coefficient (Wildman–Crippen LogP) is 2.65.